The number of aromatic amines is 1. The molecule has 0 spiro atoms. The van der Waals surface area contributed by atoms with Gasteiger partial charge in [0.25, 0.3) is 5.56 Å². The number of anilines is 1. The van der Waals surface area contributed by atoms with Crippen molar-refractivity contribution < 1.29 is 13.7 Å². The SMILES string of the molecule is Cn1cnc2c(=O)[nH]c(NC(=O)OCCS(=O)c3ccccc3)nc21. The van der Waals surface area contributed by atoms with Crippen molar-refractivity contribution in [2.24, 2.45) is 7.05 Å². The highest BCUT2D eigenvalue weighted by molar-refractivity contribution is 7.85. The normalized spacial score (nSPS) is 12.0. The van der Waals surface area contributed by atoms with Crippen molar-refractivity contribution in [3.8, 4) is 0 Å². The van der Waals surface area contributed by atoms with Crippen LogP contribution < -0.4 is 10.9 Å². The lowest BCUT2D eigenvalue weighted by atomic mass is 10.4. The number of nitrogens with one attached hydrogen (secondary N) is 2. The molecule has 2 N–H and O–H groups in total. The lowest BCUT2D eigenvalue weighted by molar-refractivity contribution is 0.168. The minimum absolute atomic E-state index is 0.0362. The van der Waals surface area contributed by atoms with Crippen LogP contribution in [-0.4, -0.2) is 42.2 Å². The average molecular weight is 361 g/mol. The molecule has 0 radical (unpaired) electrons. The Balaban J connectivity index is 1.57. The number of aryl methyl sites for hydroxylation is 1. The topological polar surface area (TPSA) is 119 Å². The monoisotopic (exact) mass is 361 g/mol. The number of carbonyl (C=O) groups is 1. The second-order valence-corrected chi connectivity index (χ2v) is 6.64. The number of rotatable bonds is 5. The highest BCUT2D eigenvalue weighted by Gasteiger charge is 2.12. The van der Waals surface area contributed by atoms with Gasteiger partial charge in [-0.1, -0.05) is 18.2 Å². The summed E-state index contributed by atoms with van der Waals surface area (Å²) >= 11 is 0. The minimum Gasteiger partial charge on any atom is -0.448 e. The molecule has 0 aliphatic carbocycles. The molecule has 0 saturated heterocycles. The third kappa shape index (κ3) is 3.91. The van der Waals surface area contributed by atoms with Crippen LogP contribution in [-0.2, 0) is 22.6 Å². The number of ether oxygens (including phenoxy) is 1. The van der Waals surface area contributed by atoms with E-state index < -0.39 is 22.5 Å². The fourth-order valence-electron chi connectivity index (χ4n) is 2.11. The molecular weight excluding hydrogens is 346 g/mol. The summed E-state index contributed by atoms with van der Waals surface area (Å²) in [4.78, 5) is 34.7. The van der Waals surface area contributed by atoms with Crippen molar-refractivity contribution >= 4 is 34.0 Å². The maximum Gasteiger partial charge on any atom is 0.414 e. The van der Waals surface area contributed by atoms with Crippen LogP contribution in [0.25, 0.3) is 11.2 Å². The van der Waals surface area contributed by atoms with E-state index in [-0.39, 0.29) is 23.8 Å². The van der Waals surface area contributed by atoms with E-state index in [1.807, 2.05) is 6.07 Å². The van der Waals surface area contributed by atoms with E-state index in [4.69, 9.17) is 4.74 Å². The lowest BCUT2D eigenvalue weighted by Crippen LogP contribution is -2.21. The molecule has 0 bridgehead atoms. The number of amides is 1. The Kier molecular flexibility index (Phi) is 4.89. The highest BCUT2D eigenvalue weighted by atomic mass is 32.2. The van der Waals surface area contributed by atoms with Crippen molar-refractivity contribution in [1.82, 2.24) is 19.5 Å². The van der Waals surface area contributed by atoms with Crippen molar-refractivity contribution in [2.45, 2.75) is 4.90 Å². The van der Waals surface area contributed by atoms with Gasteiger partial charge < -0.3 is 9.30 Å². The molecule has 0 aliphatic heterocycles. The van der Waals surface area contributed by atoms with E-state index in [0.29, 0.717) is 10.5 Å². The van der Waals surface area contributed by atoms with E-state index in [1.54, 1.807) is 35.9 Å². The third-order valence-corrected chi connectivity index (χ3v) is 4.63. The summed E-state index contributed by atoms with van der Waals surface area (Å²) in [6.07, 6.45) is 0.656. The van der Waals surface area contributed by atoms with E-state index in [9.17, 15) is 13.8 Å². The summed E-state index contributed by atoms with van der Waals surface area (Å²) in [5, 5.41) is 2.34. The summed E-state index contributed by atoms with van der Waals surface area (Å²) in [6, 6.07) is 8.90. The van der Waals surface area contributed by atoms with E-state index in [2.05, 4.69) is 20.3 Å². The fraction of sp³-hybridized carbons (Fsp3) is 0.200. The first-order valence-corrected chi connectivity index (χ1v) is 8.65. The standard InChI is InChI=1S/C15H15N5O4S/c1-20-9-16-11-12(20)17-14(18-13(11)21)19-15(22)24-7-8-25(23)10-5-3-2-4-6-10/h2-6,9H,7-8H2,1H3,(H2,17,18,19,21,22). The van der Waals surface area contributed by atoms with E-state index >= 15 is 0 Å². The summed E-state index contributed by atoms with van der Waals surface area (Å²) in [5.41, 5.74) is 0.0509. The molecule has 2 aromatic heterocycles. The molecule has 1 atom stereocenters. The van der Waals surface area contributed by atoms with Crippen LogP contribution >= 0.6 is 0 Å². The number of aromatic nitrogens is 4. The van der Waals surface area contributed by atoms with E-state index in [0.717, 1.165) is 0 Å². The van der Waals surface area contributed by atoms with Crippen LogP contribution in [0.15, 0.2) is 46.3 Å². The molecular formula is C15H15N5O4S. The summed E-state index contributed by atoms with van der Waals surface area (Å²) in [6.45, 7) is -0.0362. The zero-order chi connectivity index (χ0) is 17.8. The predicted molar refractivity (Wildman–Crippen MR) is 91.8 cm³/mol. The van der Waals surface area contributed by atoms with Crippen LogP contribution in [0.4, 0.5) is 10.7 Å². The van der Waals surface area contributed by atoms with Gasteiger partial charge in [-0.05, 0) is 12.1 Å². The molecule has 9 nitrogen and oxygen atoms in total. The van der Waals surface area contributed by atoms with Crippen LogP contribution in [0.3, 0.4) is 0 Å². The van der Waals surface area contributed by atoms with Crippen LogP contribution in [0.1, 0.15) is 0 Å². The zero-order valence-corrected chi connectivity index (χ0v) is 14.1. The van der Waals surface area contributed by atoms with Gasteiger partial charge in [-0.15, -0.1) is 0 Å². The Hall–Kier alpha value is -3.01. The first-order chi connectivity index (χ1) is 12.0. The number of benzene rings is 1. The molecule has 2 heterocycles. The van der Waals surface area contributed by atoms with Gasteiger partial charge in [-0.2, -0.15) is 4.98 Å². The van der Waals surface area contributed by atoms with Crippen molar-refractivity contribution in [1.29, 1.82) is 0 Å². The summed E-state index contributed by atoms with van der Waals surface area (Å²) < 4.78 is 18.5. The van der Waals surface area contributed by atoms with Crippen molar-refractivity contribution in [2.75, 3.05) is 17.7 Å². The van der Waals surface area contributed by atoms with Gasteiger partial charge in [0, 0.05) is 11.9 Å². The van der Waals surface area contributed by atoms with Crippen molar-refractivity contribution in [3.63, 3.8) is 0 Å². The number of nitrogens with zero attached hydrogens (tertiary/aromatic N) is 3. The molecule has 1 aromatic carbocycles. The predicted octanol–water partition coefficient (Wildman–Crippen LogP) is 1.01. The van der Waals surface area contributed by atoms with Crippen LogP contribution in [0, 0.1) is 0 Å². The van der Waals surface area contributed by atoms with Gasteiger partial charge in [-0.3, -0.25) is 19.3 Å². The molecule has 130 valence electrons. The Labute approximate surface area is 144 Å². The Morgan fingerprint density at radius 2 is 2.12 bits per heavy atom. The first-order valence-electron chi connectivity index (χ1n) is 7.33. The highest BCUT2D eigenvalue weighted by Crippen LogP contribution is 2.07. The molecule has 3 rings (SSSR count). The second-order valence-electron chi connectivity index (χ2n) is 5.07. The molecule has 0 aliphatic rings. The minimum atomic E-state index is -1.26. The van der Waals surface area contributed by atoms with E-state index in [1.165, 1.54) is 6.33 Å². The third-order valence-electron chi connectivity index (χ3n) is 3.30. The summed E-state index contributed by atoms with van der Waals surface area (Å²) in [5.74, 6) is 0.123. The molecule has 1 amide bonds. The second kappa shape index (κ2) is 7.26. The number of carbonyl (C=O) groups excluding carboxylic acids is 1. The van der Waals surface area contributed by atoms with Gasteiger partial charge in [0.1, 0.15) is 6.61 Å². The van der Waals surface area contributed by atoms with Crippen LogP contribution in [0.5, 0.6) is 0 Å². The van der Waals surface area contributed by atoms with Gasteiger partial charge >= 0.3 is 6.09 Å². The molecule has 3 aromatic rings. The molecule has 1 unspecified atom stereocenters. The number of hydrogen-bond donors (Lipinski definition) is 2. The first kappa shape index (κ1) is 16.8. The van der Waals surface area contributed by atoms with Gasteiger partial charge in [0.05, 0.1) is 22.9 Å². The Morgan fingerprint density at radius 3 is 2.88 bits per heavy atom. The van der Waals surface area contributed by atoms with Gasteiger partial charge in [0.15, 0.2) is 11.2 Å². The Morgan fingerprint density at radius 1 is 1.36 bits per heavy atom. The fourth-order valence-corrected chi connectivity index (χ4v) is 3.04. The quantitative estimate of drug-likeness (QED) is 0.700. The van der Waals surface area contributed by atoms with Gasteiger partial charge in [0.2, 0.25) is 5.95 Å². The molecule has 0 fully saturated rings. The van der Waals surface area contributed by atoms with Gasteiger partial charge in [-0.25, -0.2) is 9.78 Å². The number of imidazole rings is 1. The molecule has 25 heavy (non-hydrogen) atoms. The molecule has 10 heteroatoms. The number of hydrogen-bond acceptors (Lipinski definition) is 6. The summed E-state index contributed by atoms with van der Waals surface area (Å²) in [7, 11) is 0.427. The number of fused-ring (bicyclic) bond motifs is 1. The lowest BCUT2D eigenvalue weighted by Gasteiger charge is -2.06. The Bertz CT molecular complexity index is 983. The maximum absolute atomic E-state index is 12.0. The molecule has 0 saturated carbocycles. The number of H-pyrrole nitrogens is 1. The van der Waals surface area contributed by atoms with Crippen molar-refractivity contribution in [3.05, 3.63) is 47.0 Å². The largest absolute Gasteiger partial charge is 0.448 e. The zero-order valence-electron chi connectivity index (χ0n) is 13.3. The smallest absolute Gasteiger partial charge is 0.414 e. The average Bonchev–Trinajstić information content (AvgIpc) is 2.97. The van der Waals surface area contributed by atoms with Crippen LogP contribution in [0.2, 0.25) is 0 Å². The maximum atomic E-state index is 12.0.